The number of nitrogen functional groups attached to an aromatic ring is 1. The smallest absolute Gasteiger partial charge is 0.120 e. The Bertz CT molecular complexity index is 693. The zero-order valence-corrected chi connectivity index (χ0v) is 14.5. The summed E-state index contributed by atoms with van der Waals surface area (Å²) < 4.78 is 5.80. The van der Waals surface area contributed by atoms with E-state index in [1.54, 1.807) is 0 Å². The number of hydrogen-bond donors (Lipinski definition) is 1. The van der Waals surface area contributed by atoms with Crippen molar-refractivity contribution < 1.29 is 4.74 Å². The van der Waals surface area contributed by atoms with Crippen LogP contribution in [-0.4, -0.2) is 0 Å². The molecule has 2 nitrogen and oxygen atoms in total. The van der Waals surface area contributed by atoms with Crippen LogP contribution in [-0.2, 0) is 6.61 Å². The molecule has 0 bridgehead atoms. The number of fused-ring (bicyclic) bond motifs is 1. The van der Waals surface area contributed by atoms with Crippen LogP contribution in [0.4, 0.5) is 5.69 Å². The van der Waals surface area contributed by atoms with Gasteiger partial charge in [-0.15, -0.1) is 0 Å². The molecule has 0 atom stereocenters. The third-order valence-electron chi connectivity index (χ3n) is 3.14. The van der Waals surface area contributed by atoms with E-state index in [1.807, 2.05) is 82.3 Å². The van der Waals surface area contributed by atoms with Gasteiger partial charge in [-0.1, -0.05) is 76.2 Å². The van der Waals surface area contributed by atoms with Gasteiger partial charge in [0.05, 0.1) is 0 Å². The molecular weight excluding hydrogens is 282 g/mol. The Hall–Kier alpha value is -2.48. The average Bonchev–Trinajstić information content (AvgIpc) is 2.65. The summed E-state index contributed by atoms with van der Waals surface area (Å²) in [5.41, 5.74) is 7.91. The van der Waals surface area contributed by atoms with Crippen molar-refractivity contribution in [2.45, 2.75) is 34.3 Å². The molecule has 0 aliphatic rings. The zero-order valence-electron chi connectivity index (χ0n) is 14.5. The van der Waals surface area contributed by atoms with E-state index in [9.17, 15) is 0 Å². The first-order valence-electron chi connectivity index (χ1n) is 8.28. The summed E-state index contributed by atoms with van der Waals surface area (Å²) in [4.78, 5) is 0. The van der Waals surface area contributed by atoms with E-state index in [-0.39, 0.29) is 0 Å². The number of anilines is 1. The van der Waals surface area contributed by atoms with E-state index in [2.05, 4.69) is 12.1 Å². The van der Waals surface area contributed by atoms with E-state index in [1.165, 1.54) is 0 Å². The Balaban J connectivity index is 0.000000615. The number of hydrogen-bond acceptors (Lipinski definition) is 2. The molecule has 0 saturated carbocycles. The number of ether oxygens (including phenoxy) is 1. The molecule has 0 amide bonds. The van der Waals surface area contributed by atoms with Crippen molar-refractivity contribution >= 4 is 16.5 Å². The summed E-state index contributed by atoms with van der Waals surface area (Å²) >= 11 is 0. The standard InChI is InChI=1S/C17H15NO.2C2H6/c18-17-8-4-7-14-9-10-15(11-16(14)17)19-12-13-5-2-1-3-6-13;2*1-2/h1-11H,12,18H2;2*1-2H3. The highest BCUT2D eigenvalue weighted by Crippen LogP contribution is 2.25. The minimum Gasteiger partial charge on any atom is -0.489 e. The SMILES string of the molecule is CC.CC.Nc1cccc2ccc(OCc3ccccc3)cc12. The van der Waals surface area contributed by atoms with Gasteiger partial charge in [-0.05, 0) is 29.1 Å². The lowest BCUT2D eigenvalue weighted by Gasteiger charge is -2.08. The summed E-state index contributed by atoms with van der Waals surface area (Å²) in [6.45, 7) is 8.57. The Morgan fingerprint density at radius 2 is 1.48 bits per heavy atom. The van der Waals surface area contributed by atoms with Crippen molar-refractivity contribution in [1.29, 1.82) is 0 Å². The number of nitrogens with two attached hydrogens (primary N) is 1. The van der Waals surface area contributed by atoms with Gasteiger partial charge in [0.15, 0.2) is 0 Å². The first-order chi connectivity index (χ1) is 11.3. The van der Waals surface area contributed by atoms with Gasteiger partial charge < -0.3 is 10.5 Å². The fourth-order valence-corrected chi connectivity index (χ4v) is 2.11. The number of rotatable bonds is 3. The van der Waals surface area contributed by atoms with Gasteiger partial charge in [0.25, 0.3) is 0 Å². The quantitative estimate of drug-likeness (QED) is 0.597. The highest BCUT2D eigenvalue weighted by Gasteiger charge is 2.01. The van der Waals surface area contributed by atoms with Gasteiger partial charge in [0.1, 0.15) is 12.4 Å². The molecule has 2 heteroatoms. The molecule has 0 aliphatic heterocycles. The molecule has 0 unspecified atom stereocenters. The molecule has 0 heterocycles. The van der Waals surface area contributed by atoms with Gasteiger partial charge in [-0.3, -0.25) is 0 Å². The van der Waals surface area contributed by atoms with Gasteiger partial charge in [0, 0.05) is 11.1 Å². The largest absolute Gasteiger partial charge is 0.489 e. The Kier molecular flexibility index (Phi) is 8.30. The third-order valence-corrected chi connectivity index (χ3v) is 3.14. The predicted octanol–water partition coefficient (Wildman–Crippen LogP) is 6.05. The lowest BCUT2D eigenvalue weighted by Crippen LogP contribution is -1.95. The van der Waals surface area contributed by atoms with Crippen LogP contribution in [0.25, 0.3) is 10.8 Å². The van der Waals surface area contributed by atoms with E-state index in [4.69, 9.17) is 10.5 Å². The molecule has 0 aromatic heterocycles. The maximum atomic E-state index is 5.98. The molecule has 2 N–H and O–H groups in total. The van der Waals surface area contributed by atoms with Gasteiger partial charge >= 0.3 is 0 Å². The monoisotopic (exact) mass is 309 g/mol. The second kappa shape index (κ2) is 10.3. The molecule has 122 valence electrons. The van der Waals surface area contributed by atoms with Gasteiger partial charge in [0.2, 0.25) is 0 Å². The van der Waals surface area contributed by atoms with Crippen molar-refractivity contribution in [2.24, 2.45) is 0 Å². The second-order valence-electron chi connectivity index (χ2n) is 4.50. The van der Waals surface area contributed by atoms with Crippen LogP contribution >= 0.6 is 0 Å². The lowest BCUT2D eigenvalue weighted by atomic mass is 10.1. The lowest BCUT2D eigenvalue weighted by molar-refractivity contribution is 0.306. The topological polar surface area (TPSA) is 35.2 Å². The first-order valence-corrected chi connectivity index (χ1v) is 8.28. The molecule has 0 radical (unpaired) electrons. The normalized spacial score (nSPS) is 9.22. The van der Waals surface area contributed by atoms with Crippen LogP contribution in [0.15, 0.2) is 66.7 Å². The summed E-state index contributed by atoms with van der Waals surface area (Å²) in [5, 5.41) is 2.17. The third kappa shape index (κ3) is 5.33. The van der Waals surface area contributed by atoms with Crippen molar-refractivity contribution in [3.05, 3.63) is 72.3 Å². The average molecular weight is 309 g/mol. The van der Waals surface area contributed by atoms with Crippen molar-refractivity contribution in [3.8, 4) is 5.75 Å². The maximum absolute atomic E-state index is 5.98. The summed E-state index contributed by atoms with van der Waals surface area (Å²) in [6, 6.07) is 22.0. The Morgan fingerprint density at radius 3 is 2.17 bits per heavy atom. The minimum atomic E-state index is 0.569. The van der Waals surface area contributed by atoms with Crippen LogP contribution in [0.2, 0.25) is 0 Å². The van der Waals surface area contributed by atoms with E-state index in [0.29, 0.717) is 6.61 Å². The van der Waals surface area contributed by atoms with Crippen molar-refractivity contribution in [3.63, 3.8) is 0 Å². The minimum absolute atomic E-state index is 0.569. The zero-order chi connectivity index (χ0) is 17.1. The van der Waals surface area contributed by atoms with Crippen molar-refractivity contribution in [1.82, 2.24) is 0 Å². The van der Waals surface area contributed by atoms with Crippen LogP contribution in [0.3, 0.4) is 0 Å². The van der Waals surface area contributed by atoms with E-state index >= 15 is 0 Å². The Morgan fingerprint density at radius 1 is 0.783 bits per heavy atom. The van der Waals surface area contributed by atoms with Crippen molar-refractivity contribution in [2.75, 3.05) is 5.73 Å². The molecule has 0 spiro atoms. The second-order valence-corrected chi connectivity index (χ2v) is 4.50. The molecule has 3 rings (SSSR count). The maximum Gasteiger partial charge on any atom is 0.120 e. The van der Waals surface area contributed by atoms with Gasteiger partial charge in [-0.2, -0.15) is 0 Å². The van der Waals surface area contributed by atoms with E-state index in [0.717, 1.165) is 27.8 Å². The fourth-order valence-electron chi connectivity index (χ4n) is 2.11. The Labute approximate surface area is 139 Å². The fraction of sp³-hybridized carbons (Fsp3) is 0.238. The van der Waals surface area contributed by atoms with Crippen LogP contribution in [0.1, 0.15) is 33.3 Å². The summed E-state index contributed by atoms with van der Waals surface area (Å²) in [5.74, 6) is 0.842. The molecule has 0 saturated heterocycles. The van der Waals surface area contributed by atoms with Gasteiger partial charge in [-0.25, -0.2) is 0 Å². The van der Waals surface area contributed by atoms with Crippen LogP contribution in [0.5, 0.6) is 5.75 Å². The highest BCUT2D eigenvalue weighted by atomic mass is 16.5. The summed E-state index contributed by atoms with van der Waals surface area (Å²) in [7, 11) is 0. The molecule has 23 heavy (non-hydrogen) atoms. The first kappa shape index (κ1) is 18.6. The molecular formula is C21H27NO. The summed E-state index contributed by atoms with van der Waals surface area (Å²) in [6.07, 6.45) is 0. The predicted molar refractivity (Wildman–Crippen MR) is 102 cm³/mol. The van der Waals surface area contributed by atoms with Crippen LogP contribution < -0.4 is 10.5 Å². The number of benzene rings is 3. The molecule has 0 fully saturated rings. The molecule has 0 aliphatic carbocycles. The van der Waals surface area contributed by atoms with Crippen LogP contribution in [0, 0.1) is 0 Å². The highest BCUT2D eigenvalue weighted by molar-refractivity contribution is 5.93. The van der Waals surface area contributed by atoms with E-state index < -0.39 is 0 Å². The molecule has 3 aromatic carbocycles. The molecule has 3 aromatic rings.